The van der Waals surface area contributed by atoms with E-state index in [1.165, 1.54) is 13.2 Å². The highest BCUT2D eigenvalue weighted by atomic mass is 32.2. The summed E-state index contributed by atoms with van der Waals surface area (Å²) in [5.74, 6) is 1.86. The van der Waals surface area contributed by atoms with Crippen molar-refractivity contribution in [2.24, 2.45) is 5.73 Å². The van der Waals surface area contributed by atoms with Crippen LogP contribution in [0.4, 0.5) is 4.39 Å². The van der Waals surface area contributed by atoms with Crippen LogP contribution in [0.2, 0.25) is 0 Å². The molecule has 0 aliphatic carbocycles. The Labute approximate surface area is 111 Å². The van der Waals surface area contributed by atoms with Crippen molar-refractivity contribution in [2.75, 3.05) is 25.2 Å². The van der Waals surface area contributed by atoms with E-state index in [1.54, 1.807) is 6.07 Å². The predicted octanol–water partition coefficient (Wildman–Crippen LogP) is 1.84. The number of benzene rings is 1. The van der Waals surface area contributed by atoms with E-state index in [9.17, 15) is 4.39 Å². The van der Waals surface area contributed by atoms with Crippen LogP contribution in [0.1, 0.15) is 5.56 Å². The third-order valence-corrected chi connectivity index (χ3v) is 4.03. The fraction of sp³-hybridized carbons (Fsp3) is 0.538. The highest BCUT2D eigenvalue weighted by Crippen LogP contribution is 2.21. The Hall–Kier alpha value is -0.780. The van der Waals surface area contributed by atoms with Crippen LogP contribution in [0.3, 0.4) is 0 Å². The third-order valence-electron chi connectivity index (χ3n) is 3.01. The second kappa shape index (κ2) is 6.41. The molecule has 1 heterocycles. The van der Waals surface area contributed by atoms with E-state index in [-0.39, 0.29) is 23.7 Å². The minimum Gasteiger partial charge on any atom is -0.494 e. The van der Waals surface area contributed by atoms with E-state index in [4.69, 9.17) is 15.2 Å². The number of rotatable bonds is 4. The molecule has 0 saturated carbocycles. The zero-order chi connectivity index (χ0) is 13.0. The van der Waals surface area contributed by atoms with Crippen LogP contribution in [0.5, 0.6) is 5.75 Å². The van der Waals surface area contributed by atoms with Gasteiger partial charge in [0, 0.05) is 17.5 Å². The molecule has 0 radical (unpaired) electrons. The van der Waals surface area contributed by atoms with E-state index in [0.717, 1.165) is 23.7 Å². The second-order valence-electron chi connectivity index (χ2n) is 4.32. The van der Waals surface area contributed by atoms with Gasteiger partial charge in [-0.25, -0.2) is 4.39 Å². The zero-order valence-corrected chi connectivity index (χ0v) is 11.2. The van der Waals surface area contributed by atoms with Gasteiger partial charge in [-0.1, -0.05) is 6.07 Å². The number of nitrogens with two attached hydrogens (primary N) is 1. The third kappa shape index (κ3) is 3.37. The van der Waals surface area contributed by atoms with Crippen LogP contribution >= 0.6 is 11.8 Å². The van der Waals surface area contributed by atoms with Crippen molar-refractivity contribution in [3.63, 3.8) is 0 Å². The van der Waals surface area contributed by atoms with E-state index in [2.05, 4.69) is 0 Å². The predicted molar refractivity (Wildman–Crippen MR) is 71.7 cm³/mol. The van der Waals surface area contributed by atoms with Gasteiger partial charge in [0.2, 0.25) is 0 Å². The molecule has 1 aromatic carbocycles. The van der Waals surface area contributed by atoms with Crippen molar-refractivity contribution in [3.8, 4) is 5.75 Å². The van der Waals surface area contributed by atoms with Gasteiger partial charge in [0.25, 0.3) is 0 Å². The molecule has 2 atom stereocenters. The first kappa shape index (κ1) is 13.6. The second-order valence-corrected chi connectivity index (χ2v) is 5.47. The Kier molecular flexibility index (Phi) is 4.86. The van der Waals surface area contributed by atoms with Crippen LogP contribution in [-0.2, 0) is 11.2 Å². The van der Waals surface area contributed by atoms with Gasteiger partial charge in [-0.05, 0) is 24.1 Å². The molecule has 1 saturated heterocycles. The van der Waals surface area contributed by atoms with Crippen LogP contribution in [-0.4, -0.2) is 37.4 Å². The summed E-state index contributed by atoms with van der Waals surface area (Å²) >= 11 is 1.85. The Morgan fingerprint density at radius 3 is 3.06 bits per heavy atom. The number of hydrogen-bond donors (Lipinski definition) is 1. The number of hydrogen-bond acceptors (Lipinski definition) is 4. The Morgan fingerprint density at radius 1 is 1.61 bits per heavy atom. The number of methoxy groups -OCH3 is 1. The molecule has 0 amide bonds. The van der Waals surface area contributed by atoms with E-state index in [1.807, 2.05) is 17.8 Å². The van der Waals surface area contributed by atoms with E-state index in [0.29, 0.717) is 6.42 Å². The lowest BCUT2D eigenvalue weighted by Crippen LogP contribution is -2.42. The molecule has 0 bridgehead atoms. The highest BCUT2D eigenvalue weighted by Gasteiger charge is 2.22. The molecule has 0 aromatic heterocycles. The molecule has 18 heavy (non-hydrogen) atoms. The summed E-state index contributed by atoms with van der Waals surface area (Å²) in [7, 11) is 1.46. The molecule has 1 aromatic rings. The number of ether oxygens (including phenoxy) is 2. The minimum atomic E-state index is -0.346. The molecular formula is C13H18FNO2S. The highest BCUT2D eigenvalue weighted by molar-refractivity contribution is 7.99. The monoisotopic (exact) mass is 271 g/mol. The molecule has 1 aliphatic heterocycles. The van der Waals surface area contributed by atoms with Gasteiger partial charge in [0.15, 0.2) is 11.6 Å². The summed E-state index contributed by atoms with van der Waals surface area (Å²) < 4.78 is 24.1. The molecule has 2 unspecified atom stereocenters. The summed E-state index contributed by atoms with van der Waals surface area (Å²) in [5.41, 5.74) is 6.98. The molecule has 2 rings (SSSR count). The van der Waals surface area contributed by atoms with Crippen LogP contribution in [0.25, 0.3) is 0 Å². The van der Waals surface area contributed by atoms with Gasteiger partial charge < -0.3 is 15.2 Å². The standard InChI is InChI=1S/C13H18FNO2S/c1-16-12-3-2-9(6-10(12)14)7-11(15)13-8-18-5-4-17-13/h2-3,6,11,13H,4-5,7-8,15H2,1H3. The van der Waals surface area contributed by atoms with Crippen LogP contribution < -0.4 is 10.5 Å². The summed E-state index contributed by atoms with van der Waals surface area (Å²) in [4.78, 5) is 0. The molecule has 100 valence electrons. The van der Waals surface area contributed by atoms with Gasteiger partial charge in [-0.2, -0.15) is 11.8 Å². The van der Waals surface area contributed by atoms with Gasteiger partial charge in [0.05, 0.1) is 19.8 Å². The average Bonchev–Trinajstić information content (AvgIpc) is 2.40. The SMILES string of the molecule is COc1ccc(CC(N)C2CSCCO2)cc1F. The molecular weight excluding hydrogens is 253 g/mol. The maximum atomic E-state index is 13.5. The fourth-order valence-electron chi connectivity index (χ4n) is 1.99. The Balaban J connectivity index is 1.97. The first-order chi connectivity index (χ1) is 8.70. The minimum absolute atomic E-state index is 0.0638. The van der Waals surface area contributed by atoms with E-state index >= 15 is 0 Å². The summed E-state index contributed by atoms with van der Waals surface area (Å²) in [5, 5.41) is 0. The average molecular weight is 271 g/mol. The van der Waals surface area contributed by atoms with Gasteiger partial charge in [0.1, 0.15) is 0 Å². The van der Waals surface area contributed by atoms with Crippen molar-refractivity contribution in [1.82, 2.24) is 0 Å². The summed E-state index contributed by atoms with van der Waals surface area (Å²) in [6.45, 7) is 0.750. The molecule has 5 heteroatoms. The van der Waals surface area contributed by atoms with Crippen LogP contribution in [0.15, 0.2) is 18.2 Å². The van der Waals surface area contributed by atoms with Crippen LogP contribution in [0, 0.1) is 5.82 Å². The zero-order valence-electron chi connectivity index (χ0n) is 10.4. The van der Waals surface area contributed by atoms with Crippen molar-refractivity contribution >= 4 is 11.8 Å². The first-order valence-electron chi connectivity index (χ1n) is 5.98. The molecule has 2 N–H and O–H groups in total. The quantitative estimate of drug-likeness (QED) is 0.907. The maximum Gasteiger partial charge on any atom is 0.165 e. The number of halogens is 1. The van der Waals surface area contributed by atoms with Gasteiger partial charge in [-0.3, -0.25) is 0 Å². The first-order valence-corrected chi connectivity index (χ1v) is 7.13. The smallest absolute Gasteiger partial charge is 0.165 e. The topological polar surface area (TPSA) is 44.5 Å². The van der Waals surface area contributed by atoms with Crippen molar-refractivity contribution in [2.45, 2.75) is 18.6 Å². The molecule has 3 nitrogen and oxygen atoms in total. The normalized spacial score (nSPS) is 21.6. The molecule has 0 spiro atoms. The lowest BCUT2D eigenvalue weighted by molar-refractivity contribution is 0.0571. The Bertz CT molecular complexity index is 397. The lowest BCUT2D eigenvalue weighted by atomic mass is 10.0. The van der Waals surface area contributed by atoms with E-state index < -0.39 is 0 Å². The van der Waals surface area contributed by atoms with Crippen molar-refractivity contribution < 1.29 is 13.9 Å². The maximum absolute atomic E-state index is 13.5. The Morgan fingerprint density at radius 2 is 2.44 bits per heavy atom. The molecule has 1 fully saturated rings. The van der Waals surface area contributed by atoms with Gasteiger partial charge >= 0.3 is 0 Å². The fourth-order valence-corrected chi connectivity index (χ4v) is 2.95. The lowest BCUT2D eigenvalue weighted by Gasteiger charge is -2.27. The van der Waals surface area contributed by atoms with Crippen molar-refractivity contribution in [3.05, 3.63) is 29.6 Å². The van der Waals surface area contributed by atoms with Crippen molar-refractivity contribution in [1.29, 1.82) is 0 Å². The van der Waals surface area contributed by atoms with Gasteiger partial charge in [-0.15, -0.1) is 0 Å². The largest absolute Gasteiger partial charge is 0.494 e. The molecule has 1 aliphatic rings. The summed E-state index contributed by atoms with van der Waals surface area (Å²) in [6, 6.07) is 4.87. The summed E-state index contributed by atoms with van der Waals surface area (Å²) in [6.07, 6.45) is 0.681. The number of thioether (sulfide) groups is 1.